The summed E-state index contributed by atoms with van der Waals surface area (Å²) >= 11 is 0. The highest BCUT2D eigenvalue weighted by Crippen LogP contribution is 2.25. The van der Waals surface area contributed by atoms with Gasteiger partial charge in [-0.15, -0.1) is 0 Å². The minimum atomic E-state index is -3.88. The smallest absolute Gasteiger partial charge is 0.248 e. The highest BCUT2D eigenvalue weighted by molar-refractivity contribution is 7.89. The fraction of sp³-hybridized carbons (Fsp3) is 0.583. The van der Waals surface area contributed by atoms with E-state index in [0.717, 1.165) is 5.82 Å². The molecule has 2 aliphatic rings. The monoisotopic (exact) mass is 518 g/mol. The molecule has 36 heavy (non-hydrogen) atoms. The summed E-state index contributed by atoms with van der Waals surface area (Å²) in [5.74, 6) is 0.676. The van der Waals surface area contributed by atoms with Gasteiger partial charge in [-0.1, -0.05) is 11.2 Å². The summed E-state index contributed by atoms with van der Waals surface area (Å²) in [5, 5.41) is 6.62. The first-order chi connectivity index (χ1) is 17.3. The molecule has 2 aromatic heterocycles. The van der Waals surface area contributed by atoms with Gasteiger partial charge >= 0.3 is 0 Å². The van der Waals surface area contributed by atoms with Gasteiger partial charge in [-0.2, -0.15) is 4.31 Å². The van der Waals surface area contributed by atoms with Crippen LogP contribution >= 0.6 is 0 Å². The Morgan fingerprint density at radius 1 is 1.08 bits per heavy atom. The van der Waals surface area contributed by atoms with Crippen LogP contribution < -0.4 is 10.2 Å². The van der Waals surface area contributed by atoms with E-state index in [-0.39, 0.29) is 47.9 Å². The van der Waals surface area contributed by atoms with Crippen molar-refractivity contribution in [1.82, 2.24) is 24.7 Å². The van der Waals surface area contributed by atoms with Gasteiger partial charge in [-0.05, 0) is 45.2 Å². The molecule has 0 radical (unpaired) electrons. The van der Waals surface area contributed by atoms with Gasteiger partial charge < -0.3 is 19.6 Å². The molecule has 2 saturated heterocycles. The Labute approximate surface area is 211 Å². The summed E-state index contributed by atoms with van der Waals surface area (Å²) in [6.45, 7) is 6.43. The quantitative estimate of drug-likeness (QED) is 0.642. The number of carbonyl (C=O) groups is 2. The van der Waals surface area contributed by atoms with Crippen LogP contribution in [0.3, 0.4) is 0 Å². The van der Waals surface area contributed by atoms with Gasteiger partial charge in [0.05, 0.1) is 0 Å². The first-order valence-electron chi connectivity index (χ1n) is 12.4. The first kappa shape index (κ1) is 26.1. The van der Waals surface area contributed by atoms with Crippen molar-refractivity contribution in [2.24, 2.45) is 5.92 Å². The number of sulfonamides is 1. The molecular formula is C24H34N6O5S. The number of aryl methyl sites for hydroxylation is 2. The number of aromatic nitrogens is 2. The number of hydrogen-bond acceptors (Lipinski definition) is 8. The van der Waals surface area contributed by atoms with Crippen LogP contribution in [0.2, 0.25) is 0 Å². The van der Waals surface area contributed by atoms with Crippen molar-refractivity contribution in [2.45, 2.75) is 44.4 Å². The SMILES string of the molecule is Cc1noc(C)c1S(=O)(=O)N1CCCC(C(=O)N2CCN(c3ccccn3)CC2)CCNC(=O)CC1. The summed E-state index contributed by atoms with van der Waals surface area (Å²) in [4.78, 5) is 34.3. The zero-order valence-corrected chi connectivity index (χ0v) is 21.7. The number of nitrogens with zero attached hydrogens (tertiary/aromatic N) is 5. The molecule has 12 heteroatoms. The standard InChI is InChI=1S/C24H34N6O5S/c1-18-23(19(2)35-27-18)36(33,34)30-12-5-6-20(8-11-26-22(31)9-13-30)24(32)29-16-14-28(15-17-29)21-7-3-4-10-25-21/h3-4,7,10,20H,5-6,8-9,11-17H2,1-2H3,(H,26,31). The summed E-state index contributed by atoms with van der Waals surface area (Å²) < 4.78 is 33.1. The van der Waals surface area contributed by atoms with Crippen molar-refractivity contribution in [3.05, 3.63) is 35.9 Å². The van der Waals surface area contributed by atoms with Gasteiger partial charge in [-0.25, -0.2) is 13.4 Å². The van der Waals surface area contributed by atoms with Gasteiger partial charge in [0.2, 0.25) is 21.8 Å². The Bertz CT molecular complexity index is 1140. The molecule has 4 heterocycles. The lowest BCUT2D eigenvalue weighted by atomic mass is 9.97. The lowest BCUT2D eigenvalue weighted by Crippen LogP contribution is -2.51. The predicted octanol–water partition coefficient (Wildman–Crippen LogP) is 1.33. The van der Waals surface area contributed by atoms with Crippen molar-refractivity contribution >= 4 is 27.7 Å². The Morgan fingerprint density at radius 3 is 2.53 bits per heavy atom. The van der Waals surface area contributed by atoms with E-state index in [9.17, 15) is 18.0 Å². The molecule has 1 atom stereocenters. The van der Waals surface area contributed by atoms with Crippen LogP contribution in [0.4, 0.5) is 5.82 Å². The van der Waals surface area contributed by atoms with Crippen molar-refractivity contribution in [2.75, 3.05) is 50.7 Å². The lowest BCUT2D eigenvalue weighted by molar-refractivity contribution is -0.136. The summed E-state index contributed by atoms with van der Waals surface area (Å²) in [5.41, 5.74) is 0.296. The maximum absolute atomic E-state index is 13.4. The summed E-state index contributed by atoms with van der Waals surface area (Å²) in [6, 6.07) is 5.79. The van der Waals surface area contributed by atoms with Crippen molar-refractivity contribution in [3.8, 4) is 0 Å². The van der Waals surface area contributed by atoms with E-state index >= 15 is 0 Å². The van der Waals surface area contributed by atoms with Crippen LogP contribution in [0.15, 0.2) is 33.8 Å². The van der Waals surface area contributed by atoms with Crippen LogP contribution in [-0.4, -0.2) is 85.4 Å². The molecule has 0 spiro atoms. The predicted molar refractivity (Wildman–Crippen MR) is 133 cm³/mol. The van der Waals surface area contributed by atoms with E-state index < -0.39 is 10.0 Å². The van der Waals surface area contributed by atoms with Crippen LogP contribution in [0.25, 0.3) is 0 Å². The van der Waals surface area contributed by atoms with E-state index in [0.29, 0.717) is 57.7 Å². The number of rotatable bonds is 4. The third-order valence-electron chi connectivity index (χ3n) is 6.84. The fourth-order valence-electron chi connectivity index (χ4n) is 4.88. The van der Waals surface area contributed by atoms with E-state index in [4.69, 9.17) is 4.52 Å². The fourth-order valence-corrected chi connectivity index (χ4v) is 6.66. The molecule has 1 unspecified atom stereocenters. The van der Waals surface area contributed by atoms with E-state index in [1.165, 1.54) is 4.31 Å². The molecule has 0 bridgehead atoms. The normalized spacial score (nSPS) is 21.1. The number of pyridine rings is 1. The van der Waals surface area contributed by atoms with Crippen molar-refractivity contribution in [3.63, 3.8) is 0 Å². The van der Waals surface area contributed by atoms with Crippen LogP contribution in [0.1, 0.15) is 37.1 Å². The zero-order valence-electron chi connectivity index (χ0n) is 20.9. The highest BCUT2D eigenvalue weighted by Gasteiger charge is 2.33. The molecule has 11 nitrogen and oxygen atoms in total. The average Bonchev–Trinajstić information content (AvgIpc) is 3.21. The van der Waals surface area contributed by atoms with Crippen molar-refractivity contribution < 1.29 is 22.5 Å². The van der Waals surface area contributed by atoms with E-state index in [2.05, 4.69) is 20.4 Å². The molecule has 4 rings (SSSR count). The molecular weight excluding hydrogens is 484 g/mol. The number of nitrogens with one attached hydrogen (secondary N) is 1. The van der Waals surface area contributed by atoms with Gasteiger partial charge in [0, 0.05) is 64.3 Å². The number of anilines is 1. The highest BCUT2D eigenvalue weighted by atomic mass is 32.2. The Morgan fingerprint density at radius 2 is 1.86 bits per heavy atom. The molecule has 0 aliphatic carbocycles. The molecule has 2 aliphatic heterocycles. The van der Waals surface area contributed by atoms with Gasteiger partial charge in [0.1, 0.15) is 16.4 Å². The van der Waals surface area contributed by atoms with Crippen molar-refractivity contribution in [1.29, 1.82) is 0 Å². The molecule has 1 N–H and O–H groups in total. The second-order valence-corrected chi connectivity index (χ2v) is 11.2. The summed E-state index contributed by atoms with van der Waals surface area (Å²) in [6.07, 6.45) is 3.40. The second kappa shape index (κ2) is 11.4. The Kier molecular flexibility index (Phi) is 8.24. The number of carbonyl (C=O) groups excluding carboxylic acids is 2. The van der Waals surface area contributed by atoms with Gasteiger partial charge in [0.25, 0.3) is 0 Å². The third-order valence-corrected chi connectivity index (χ3v) is 8.99. The molecule has 2 aromatic rings. The van der Waals surface area contributed by atoms with Crippen LogP contribution in [0, 0.1) is 19.8 Å². The molecule has 0 aromatic carbocycles. The van der Waals surface area contributed by atoms with Gasteiger partial charge in [-0.3, -0.25) is 9.59 Å². The lowest BCUT2D eigenvalue weighted by Gasteiger charge is -2.37. The Hall–Kier alpha value is -2.99. The van der Waals surface area contributed by atoms with E-state index in [1.807, 2.05) is 23.1 Å². The van der Waals surface area contributed by atoms with Crippen LogP contribution in [0.5, 0.6) is 0 Å². The second-order valence-electron chi connectivity index (χ2n) is 9.29. The maximum atomic E-state index is 13.4. The number of hydrogen-bond donors (Lipinski definition) is 1. The number of amides is 2. The average molecular weight is 519 g/mol. The van der Waals surface area contributed by atoms with Gasteiger partial charge in [0.15, 0.2) is 5.76 Å². The molecule has 196 valence electrons. The minimum absolute atomic E-state index is 0.0520. The third kappa shape index (κ3) is 5.86. The minimum Gasteiger partial charge on any atom is -0.360 e. The molecule has 2 fully saturated rings. The first-order valence-corrected chi connectivity index (χ1v) is 13.9. The topological polar surface area (TPSA) is 129 Å². The number of piperazine rings is 1. The van der Waals surface area contributed by atoms with E-state index in [1.54, 1.807) is 20.0 Å². The summed E-state index contributed by atoms with van der Waals surface area (Å²) in [7, 11) is -3.88. The molecule has 0 saturated carbocycles. The zero-order chi connectivity index (χ0) is 25.7. The Balaban J connectivity index is 1.42. The molecule has 2 amide bonds. The van der Waals surface area contributed by atoms with Crippen LogP contribution in [-0.2, 0) is 19.6 Å². The maximum Gasteiger partial charge on any atom is 0.248 e. The largest absolute Gasteiger partial charge is 0.360 e.